The predicted octanol–water partition coefficient (Wildman–Crippen LogP) is 1.99. The molecular formula is C21H26N2O8S. The van der Waals surface area contributed by atoms with E-state index in [9.17, 15) is 13.2 Å². The maximum atomic E-state index is 13.1. The van der Waals surface area contributed by atoms with Crippen molar-refractivity contribution in [1.82, 2.24) is 4.31 Å². The second-order valence-corrected chi connectivity index (χ2v) is 8.68. The highest BCUT2D eigenvalue weighted by atomic mass is 32.2. The SMILES string of the molecule is COc1ccc(S(=O)(=O)N2CCOCC2)cc1C(=O)Nc1cc(OC)c(OC)c(OC)c1. The van der Waals surface area contributed by atoms with Gasteiger partial charge in [-0.15, -0.1) is 0 Å². The highest BCUT2D eigenvalue weighted by molar-refractivity contribution is 7.89. The summed E-state index contributed by atoms with van der Waals surface area (Å²) < 4.78 is 53.8. The predicted molar refractivity (Wildman–Crippen MR) is 117 cm³/mol. The number of morpholine rings is 1. The zero-order valence-corrected chi connectivity index (χ0v) is 19.2. The number of hydrogen-bond acceptors (Lipinski definition) is 8. The molecule has 0 atom stereocenters. The first-order chi connectivity index (χ1) is 15.3. The van der Waals surface area contributed by atoms with Crippen LogP contribution in [0, 0.1) is 0 Å². The number of sulfonamides is 1. The number of anilines is 1. The molecule has 174 valence electrons. The van der Waals surface area contributed by atoms with Gasteiger partial charge in [0.15, 0.2) is 11.5 Å². The lowest BCUT2D eigenvalue weighted by Gasteiger charge is -2.26. The summed E-state index contributed by atoms with van der Waals surface area (Å²) in [5, 5.41) is 2.73. The third-order valence-electron chi connectivity index (χ3n) is 4.95. The maximum absolute atomic E-state index is 13.1. The zero-order valence-electron chi connectivity index (χ0n) is 18.3. The molecule has 1 amide bonds. The molecule has 0 spiro atoms. The van der Waals surface area contributed by atoms with Gasteiger partial charge in [0.1, 0.15) is 5.75 Å². The van der Waals surface area contributed by atoms with E-state index in [0.29, 0.717) is 36.1 Å². The summed E-state index contributed by atoms with van der Waals surface area (Å²) in [5.74, 6) is 0.769. The molecule has 2 aromatic carbocycles. The van der Waals surface area contributed by atoms with Gasteiger partial charge in [0.2, 0.25) is 15.8 Å². The molecule has 0 aromatic heterocycles. The molecule has 0 unspecified atom stereocenters. The Kier molecular flexibility index (Phi) is 7.44. The second kappa shape index (κ2) is 10.1. The highest BCUT2D eigenvalue weighted by Crippen LogP contribution is 2.40. The van der Waals surface area contributed by atoms with Crippen LogP contribution >= 0.6 is 0 Å². The molecule has 3 rings (SSSR count). The molecule has 1 saturated heterocycles. The van der Waals surface area contributed by atoms with Gasteiger partial charge in [0, 0.05) is 30.9 Å². The first kappa shape index (κ1) is 23.6. The number of carbonyl (C=O) groups excluding carboxylic acids is 1. The highest BCUT2D eigenvalue weighted by Gasteiger charge is 2.28. The van der Waals surface area contributed by atoms with Crippen molar-refractivity contribution in [2.45, 2.75) is 4.90 Å². The normalized spacial score (nSPS) is 14.5. The minimum absolute atomic E-state index is 0.00441. The average Bonchev–Trinajstić information content (AvgIpc) is 2.83. The summed E-state index contributed by atoms with van der Waals surface area (Å²) in [5.41, 5.74) is 0.434. The smallest absolute Gasteiger partial charge is 0.259 e. The van der Waals surface area contributed by atoms with E-state index in [0.717, 1.165) is 0 Å². The van der Waals surface area contributed by atoms with Gasteiger partial charge in [-0.1, -0.05) is 0 Å². The van der Waals surface area contributed by atoms with Crippen LogP contribution in [0.15, 0.2) is 35.2 Å². The number of amides is 1. The summed E-state index contributed by atoms with van der Waals surface area (Å²) in [7, 11) is 2.02. The molecule has 2 aromatic rings. The molecule has 11 heteroatoms. The number of carbonyl (C=O) groups is 1. The second-order valence-electron chi connectivity index (χ2n) is 6.75. The van der Waals surface area contributed by atoms with E-state index in [1.165, 1.54) is 50.9 Å². The molecule has 1 N–H and O–H groups in total. The molecule has 1 fully saturated rings. The molecule has 0 radical (unpaired) electrons. The Morgan fingerprint density at radius 3 is 2.03 bits per heavy atom. The Morgan fingerprint density at radius 1 is 0.906 bits per heavy atom. The van der Waals surface area contributed by atoms with E-state index < -0.39 is 15.9 Å². The largest absolute Gasteiger partial charge is 0.496 e. The van der Waals surface area contributed by atoms with Gasteiger partial charge in [-0.05, 0) is 18.2 Å². The topological polar surface area (TPSA) is 113 Å². The maximum Gasteiger partial charge on any atom is 0.259 e. The van der Waals surface area contributed by atoms with Gasteiger partial charge in [-0.25, -0.2) is 8.42 Å². The van der Waals surface area contributed by atoms with Crippen LogP contribution in [0.25, 0.3) is 0 Å². The molecule has 10 nitrogen and oxygen atoms in total. The van der Waals surface area contributed by atoms with E-state index in [1.807, 2.05) is 0 Å². The van der Waals surface area contributed by atoms with Crippen LogP contribution in [-0.2, 0) is 14.8 Å². The van der Waals surface area contributed by atoms with Crippen molar-refractivity contribution < 1.29 is 36.9 Å². The van der Waals surface area contributed by atoms with Crippen molar-refractivity contribution in [3.8, 4) is 23.0 Å². The number of rotatable bonds is 8. The molecule has 0 saturated carbocycles. The lowest BCUT2D eigenvalue weighted by molar-refractivity contribution is 0.0730. The summed E-state index contributed by atoms with van der Waals surface area (Å²) in [6.45, 7) is 1.15. The van der Waals surface area contributed by atoms with E-state index in [4.69, 9.17) is 23.7 Å². The fraction of sp³-hybridized carbons (Fsp3) is 0.381. The molecule has 0 bridgehead atoms. The first-order valence-electron chi connectivity index (χ1n) is 9.73. The van der Waals surface area contributed by atoms with Gasteiger partial charge in [-0.2, -0.15) is 4.31 Å². The monoisotopic (exact) mass is 466 g/mol. The Balaban J connectivity index is 1.95. The third-order valence-corrected chi connectivity index (χ3v) is 6.84. The number of methoxy groups -OCH3 is 4. The number of hydrogen-bond donors (Lipinski definition) is 1. The summed E-state index contributed by atoms with van der Waals surface area (Å²) in [4.78, 5) is 13.1. The molecule has 1 aliphatic rings. The van der Waals surface area contributed by atoms with Gasteiger partial charge in [0.25, 0.3) is 5.91 Å². The van der Waals surface area contributed by atoms with Crippen LogP contribution in [0.4, 0.5) is 5.69 Å². The fourth-order valence-electron chi connectivity index (χ4n) is 3.31. The van der Waals surface area contributed by atoms with Gasteiger partial charge >= 0.3 is 0 Å². The van der Waals surface area contributed by atoms with Crippen molar-refractivity contribution in [1.29, 1.82) is 0 Å². The number of benzene rings is 2. The van der Waals surface area contributed by atoms with Crippen molar-refractivity contribution in [2.75, 3.05) is 60.1 Å². The number of nitrogens with zero attached hydrogens (tertiary/aromatic N) is 1. The van der Waals surface area contributed by atoms with Crippen LogP contribution < -0.4 is 24.3 Å². The Bertz CT molecular complexity index is 1060. The van der Waals surface area contributed by atoms with Crippen LogP contribution in [-0.4, -0.2) is 73.4 Å². The van der Waals surface area contributed by atoms with Crippen molar-refractivity contribution in [3.05, 3.63) is 35.9 Å². The summed E-state index contributed by atoms with van der Waals surface area (Å²) >= 11 is 0. The standard InChI is InChI=1S/C21H26N2O8S/c1-27-17-6-5-15(32(25,26)23-7-9-31-10-8-23)13-16(17)21(24)22-14-11-18(28-2)20(30-4)19(12-14)29-3/h5-6,11-13H,7-10H2,1-4H3,(H,22,24). The van der Waals surface area contributed by atoms with Crippen LogP contribution in [0.1, 0.15) is 10.4 Å². The van der Waals surface area contributed by atoms with Gasteiger partial charge in [-0.3, -0.25) is 4.79 Å². The Morgan fingerprint density at radius 2 is 1.50 bits per heavy atom. The summed E-state index contributed by atoms with van der Waals surface area (Å²) in [6, 6.07) is 7.31. The lowest BCUT2D eigenvalue weighted by atomic mass is 10.1. The van der Waals surface area contributed by atoms with Crippen LogP contribution in [0.3, 0.4) is 0 Å². The van der Waals surface area contributed by atoms with E-state index >= 15 is 0 Å². The van der Waals surface area contributed by atoms with E-state index in [2.05, 4.69) is 5.32 Å². The van der Waals surface area contributed by atoms with Gasteiger partial charge < -0.3 is 29.0 Å². The quantitative estimate of drug-likeness (QED) is 0.629. The average molecular weight is 467 g/mol. The first-order valence-corrected chi connectivity index (χ1v) is 11.2. The Hall–Kier alpha value is -3.02. The molecule has 0 aliphatic carbocycles. The molecule has 1 heterocycles. The Labute approximate surface area is 187 Å². The molecular weight excluding hydrogens is 440 g/mol. The third kappa shape index (κ3) is 4.74. The fourth-order valence-corrected chi connectivity index (χ4v) is 4.75. The number of ether oxygens (including phenoxy) is 5. The molecule has 32 heavy (non-hydrogen) atoms. The zero-order chi connectivity index (χ0) is 23.3. The van der Waals surface area contributed by atoms with Crippen molar-refractivity contribution in [2.24, 2.45) is 0 Å². The molecule has 1 aliphatic heterocycles. The van der Waals surface area contributed by atoms with Crippen molar-refractivity contribution in [3.63, 3.8) is 0 Å². The minimum Gasteiger partial charge on any atom is -0.496 e. The lowest BCUT2D eigenvalue weighted by Crippen LogP contribution is -2.40. The van der Waals surface area contributed by atoms with Gasteiger partial charge in [0.05, 0.1) is 52.1 Å². The van der Waals surface area contributed by atoms with Crippen molar-refractivity contribution >= 4 is 21.6 Å². The van der Waals surface area contributed by atoms with Crippen LogP contribution in [0.2, 0.25) is 0 Å². The number of nitrogens with one attached hydrogen (secondary N) is 1. The van der Waals surface area contributed by atoms with E-state index in [-0.39, 0.29) is 29.3 Å². The summed E-state index contributed by atoms with van der Waals surface area (Å²) in [6.07, 6.45) is 0. The van der Waals surface area contributed by atoms with E-state index in [1.54, 1.807) is 12.1 Å². The minimum atomic E-state index is -3.78. The van der Waals surface area contributed by atoms with Crippen LogP contribution in [0.5, 0.6) is 23.0 Å².